The Morgan fingerprint density at radius 1 is 1.56 bits per heavy atom. The number of hydrogen-bond donors (Lipinski definition) is 1. The summed E-state index contributed by atoms with van der Waals surface area (Å²) < 4.78 is 1.59. The number of aliphatic hydroxyl groups is 1. The van der Waals surface area contributed by atoms with Crippen LogP contribution < -0.4 is 0 Å². The van der Waals surface area contributed by atoms with Crippen molar-refractivity contribution in [2.75, 3.05) is 0 Å². The molecule has 0 aromatic carbocycles. The van der Waals surface area contributed by atoms with E-state index in [1.807, 2.05) is 0 Å². The summed E-state index contributed by atoms with van der Waals surface area (Å²) in [5.74, 6) is 0.386. The molecule has 0 radical (unpaired) electrons. The third-order valence-corrected chi connectivity index (χ3v) is 3.47. The van der Waals surface area contributed by atoms with Crippen LogP contribution in [-0.2, 0) is 7.05 Å². The second-order valence-electron chi connectivity index (χ2n) is 4.92. The van der Waals surface area contributed by atoms with E-state index < -0.39 is 5.60 Å². The van der Waals surface area contributed by atoms with Crippen molar-refractivity contribution >= 4 is 5.78 Å². The SMILES string of the molecule is CC1CCC(O)(C(=O)c2ccn(C)n2)CC1. The van der Waals surface area contributed by atoms with Gasteiger partial charge in [-0.15, -0.1) is 0 Å². The van der Waals surface area contributed by atoms with E-state index in [9.17, 15) is 9.90 Å². The molecule has 1 aliphatic rings. The summed E-state index contributed by atoms with van der Waals surface area (Å²) in [7, 11) is 1.77. The van der Waals surface area contributed by atoms with Crippen molar-refractivity contribution in [1.82, 2.24) is 9.78 Å². The Bertz CT molecular complexity index is 389. The lowest BCUT2D eigenvalue weighted by Gasteiger charge is -2.32. The van der Waals surface area contributed by atoms with E-state index in [1.54, 1.807) is 24.0 Å². The van der Waals surface area contributed by atoms with Crippen molar-refractivity contribution in [3.05, 3.63) is 18.0 Å². The van der Waals surface area contributed by atoms with E-state index in [0.29, 0.717) is 24.5 Å². The number of hydrogen-bond acceptors (Lipinski definition) is 3. The van der Waals surface area contributed by atoms with Gasteiger partial charge in [-0.1, -0.05) is 6.92 Å². The van der Waals surface area contributed by atoms with Gasteiger partial charge < -0.3 is 5.11 Å². The molecule has 1 N–H and O–H groups in total. The lowest BCUT2D eigenvalue weighted by molar-refractivity contribution is 0.00378. The van der Waals surface area contributed by atoms with Crippen LogP contribution >= 0.6 is 0 Å². The third kappa shape index (κ3) is 2.02. The lowest BCUT2D eigenvalue weighted by Crippen LogP contribution is -2.42. The van der Waals surface area contributed by atoms with Gasteiger partial charge >= 0.3 is 0 Å². The minimum atomic E-state index is -1.18. The molecule has 1 aromatic rings. The molecule has 0 unspecified atom stereocenters. The first-order valence-electron chi connectivity index (χ1n) is 5.78. The summed E-state index contributed by atoms with van der Waals surface area (Å²) in [6, 6.07) is 1.67. The van der Waals surface area contributed by atoms with Crippen molar-refractivity contribution in [3.8, 4) is 0 Å². The first-order chi connectivity index (χ1) is 7.51. The normalized spacial score (nSPS) is 30.3. The molecule has 1 aromatic heterocycles. The molecule has 0 aliphatic heterocycles. The Kier molecular flexibility index (Phi) is 2.84. The molecular formula is C12H18N2O2. The maximum atomic E-state index is 12.1. The van der Waals surface area contributed by atoms with Crippen molar-refractivity contribution in [2.45, 2.75) is 38.2 Å². The van der Waals surface area contributed by atoms with E-state index in [-0.39, 0.29) is 5.78 Å². The first-order valence-corrected chi connectivity index (χ1v) is 5.78. The molecule has 88 valence electrons. The lowest BCUT2D eigenvalue weighted by atomic mass is 9.76. The summed E-state index contributed by atoms with van der Waals surface area (Å²) in [6.45, 7) is 2.16. The highest BCUT2D eigenvalue weighted by atomic mass is 16.3. The van der Waals surface area contributed by atoms with E-state index in [4.69, 9.17) is 0 Å². The topological polar surface area (TPSA) is 55.1 Å². The number of Topliss-reactive ketones (excluding diaryl/α,β-unsaturated/α-hetero) is 1. The van der Waals surface area contributed by atoms with Gasteiger partial charge in [0, 0.05) is 13.2 Å². The number of ketones is 1. The Hall–Kier alpha value is -1.16. The molecule has 0 saturated heterocycles. The summed E-state index contributed by atoms with van der Waals surface area (Å²) in [4.78, 5) is 12.1. The van der Waals surface area contributed by atoms with Crippen molar-refractivity contribution in [2.24, 2.45) is 13.0 Å². The summed E-state index contributed by atoms with van der Waals surface area (Å²) in [5, 5.41) is 14.4. The van der Waals surface area contributed by atoms with Crippen LogP contribution in [0.25, 0.3) is 0 Å². The minimum absolute atomic E-state index is 0.222. The number of rotatable bonds is 2. The molecule has 0 spiro atoms. The molecule has 16 heavy (non-hydrogen) atoms. The maximum Gasteiger partial charge on any atom is 0.214 e. The number of carbonyl (C=O) groups is 1. The molecule has 4 heteroatoms. The minimum Gasteiger partial charge on any atom is -0.382 e. The van der Waals surface area contributed by atoms with Gasteiger partial charge in [-0.05, 0) is 37.7 Å². The van der Waals surface area contributed by atoms with Gasteiger partial charge in [-0.3, -0.25) is 9.48 Å². The van der Waals surface area contributed by atoms with Gasteiger partial charge in [0.15, 0.2) is 0 Å². The van der Waals surface area contributed by atoms with Crippen LogP contribution in [0.4, 0.5) is 0 Å². The Morgan fingerprint density at radius 2 is 2.19 bits per heavy atom. The van der Waals surface area contributed by atoms with Gasteiger partial charge in [-0.25, -0.2) is 0 Å². The zero-order valence-corrected chi connectivity index (χ0v) is 9.81. The molecule has 1 heterocycles. The molecule has 1 aliphatic carbocycles. The maximum absolute atomic E-state index is 12.1. The fraction of sp³-hybridized carbons (Fsp3) is 0.667. The van der Waals surface area contributed by atoms with Crippen LogP contribution in [0.15, 0.2) is 12.3 Å². The Labute approximate surface area is 95.3 Å². The van der Waals surface area contributed by atoms with Crippen LogP contribution in [0.5, 0.6) is 0 Å². The number of carbonyl (C=O) groups excluding carboxylic acids is 1. The molecule has 4 nitrogen and oxygen atoms in total. The van der Waals surface area contributed by atoms with Crippen LogP contribution in [0.1, 0.15) is 43.1 Å². The van der Waals surface area contributed by atoms with Gasteiger partial charge in [0.1, 0.15) is 11.3 Å². The van der Waals surface area contributed by atoms with Crippen molar-refractivity contribution in [3.63, 3.8) is 0 Å². The average molecular weight is 222 g/mol. The Balaban J connectivity index is 2.15. The fourth-order valence-corrected chi connectivity index (χ4v) is 2.24. The largest absolute Gasteiger partial charge is 0.382 e. The number of nitrogens with zero attached hydrogens (tertiary/aromatic N) is 2. The van der Waals surface area contributed by atoms with E-state index in [2.05, 4.69) is 12.0 Å². The highest BCUT2D eigenvalue weighted by molar-refractivity contribution is 6.00. The fourth-order valence-electron chi connectivity index (χ4n) is 2.24. The smallest absolute Gasteiger partial charge is 0.214 e. The number of aromatic nitrogens is 2. The van der Waals surface area contributed by atoms with Crippen LogP contribution in [0.2, 0.25) is 0 Å². The average Bonchev–Trinajstić information content (AvgIpc) is 2.68. The van der Waals surface area contributed by atoms with E-state index in [0.717, 1.165) is 12.8 Å². The first kappa shape index (κ1) is 11.3. The van der Waals surface area contributed by atoms with Gasteiger partial charge in [0.05, 0.1) is 0 Å². The quantitative estimate of drug-likeness (QED) is 0.772. The summed E-state index contributed by atoms with van der Waals surface area (Å²) in [5.41, 5.74) is -0.805. The molecule has 0 atom stereocenters. The Morgan fingerprint density at radius 3 is 2.69 bits per heavy atom. The zero-order chi connectivity index (χ0) is 11.8. The molecule has 0 amide bonds. The monoisotopic (exact) mass is 222 g/mol. The van der Waals surface area contributed by atoms with Gasteiger partial charge in [0.25, 0.3) is 0 Å². The zero-order valence-electron chi connectivity index (χ0n) is 9.81. The van der Waals surface area contributed by atoms with Gasteiger partial charge in [0.2, 0.25) is 5.78 Å². The molecule has 2 rings (SSSR count). The van der Waals surface area contributed by atoms with Crippen molar-refractivity contribution < 1.29 is 9.90 Å². The van der Waals surface area contributed by atoms with Crippen LogP contribution in [0.3, 0.4) is 0 Å². The summed E-state index contributed by atoms with van der Waals surface area (Å²) in [6.07, 6.45) is 4.67. The molecule has 1 fully saturated rings. The predicted octanol–water partition coefficient (Wildman–Crippen LogP) is 1.54. The molecule has 1 saturated carbocycles. The summed E-state index contributed by atoms with van der Waals surface area (Å²) >= 11 is 0. The standard InChI is InChI=1S/C12H18N2O2/c1-9-3-6-12(16,7-4-9)11(15)10-5-8-14(2)13-10/h5,8-9,16H,3-4,6-7H2,1-2H3. The number of aryl methyl sites for hydroxylation is 1. The highest BCUT2D eigenvalue weighted by Crippen LogP contribution is 2.33. The van der Waals surface area contributed by atoms with Crippen LogP contribution in [-0.4, -0.2) is 26.3 Å². The second-order valence-corrected chi connectivity index (χ2v) is 4.92. The van der Waals surface area contributed by atoms with Crippen molar-refractivity contribution in [1.29, 1.82) is 0 Å². The highest BCUT2D eigenvalue weighted by Gasteiger charge is 2.40. The molecule has 0 bridgehead atoms. The second kappa shape index (κ2) is 4.01. The van der Waals surface area contributed by atoms with Crippen LogP contribution in [0, 0.1) is 5.92 Å². The van der Waals surface area contributed by atoms with E-state index >= 15 is 0 Å². The third-order valence-electron chi connectivity index (χ3n) is 3.47. The molecular weight excluding hydrogens is 204 g/mol. The van der Waals surface area contributed by atoms with Gasteiger partial charge in [-0.2, -0.15) is 5.10 Å². The predicted molar refractivity (Wildman–Crippen MR) is 60.1 cm³/mol. The van der Waals surface area contributed by atoms with E-state index in [1.165, 1.54) is 0 Å².